The first kappa shape index (κ1) is 14.7. The van der Waals surface area contributed by atoms with Gasteiger partial charge in [0.05, 0.1) is 6.54 Å². The molecule has 0 amide bonds. The van der Waals surface area contributed by atoms with Gasteiger partial charge in [-0.25, -0.2) is 4.98 Å². The van der Waals surface area contributed by atoms with Crippen molar-refractivity contribution >= 4 is 15.9 Å². The zero-order valence-corrected chi connectivity index (χ0v) is 13.0. The van der Waals surface area contributed by atoms with E-state index in [-0.39, 0.29) is 0 Å². The smallest absolute Gasteiger partial charge is 0.122 e. The fraction of sp³-hybridized carbons (Fsp3) is 0.769. The molecule has 0 N–H and O–H groups in total. The van der Waals surface area contributed by atoms with Crippen LogP contribution in [0.4, 0.5) is 0 Å². The molecule has 1 aromatic rings. The van der Waals surface area contributed by atoms with E-state index in [4.69, 9.17) is 0 Å². The van der Waals surface area contributed by atoms with Crippen molar-refractivity contribution in [3.63, 3.8) is 0 Å². The van der Waals surface area contributed by atoms with Gasteiger partial charge in [0, 0.05) is 31.3 Å². The van der Waals surface area contributed by atoms with Crippen molar-refractivity contribution in [2.75, 3.05) is 18.9 Å². The highest BCUT2D eigenvalue weighted by atomic mass is 79.9. The summed E-state index contributed by atoms with van der Waals surface area (Å²) in [6, 6.07) is 0. The normalized spacial score (nSPS) is 12.4. The first-order chi connectivity index (χ1) is 8.06. The van der Waals surface area contributed by atoms with E-state index >= 15 is 0 Å². The molecule has 3 nitrogen and oxygen atoms in total. The molecule has 0 fully saturated rings. The number of aryl methyl sites for hydroxylation is 1. The van der Waals surface area contributed by atoms with Gasteiger partial charge in [-0.05, 0) is 25.3 Å². The van der Waals surface area contributed by atoms with Crippen LogP contribution in [0.2, 0.25) is 0 Å². The maximum atomic E-state index is 4.37. The van der Waals surface area contributed by atoms with Gasteiger partial charge < -0.3 is 4.57 Å². The van der Waals surface area contributed by atoms with E-state index in [1.165, 1.54) is 12.8 Å². The lowest BCUT2D eigenvalue weighted by atomic mass is 9.84. The van der Waals surface area contributed by atoms with Gasteiger partial charge in [-0.3, -0.25) is 4.90 Å². The van der Waals surface area contributed by atoms with E-state index in [2.05, 4.69) is 51.3 Å². The second-order valence-electron chi connectivity index (χ2n) is 4.97. The predicted molar refractivity (Wildman–Crippen MR) is 76.4 cm³/mol. The zero-order chi connectivity index (χ0) is 12.9. The van der Waals surface area contributed by atoms with Gasteiger partial charge in [0.1, 0.15) is 5.82 Å². The fourth-order valence-electron chi connectivity index (χ4n) is 2.12. The Balaban J connectivity index is 2.59. The maximum Gasteiger partial charge on any atom is 0.122 e. The second kappa shape index (κ2) is 6.55. The molecule has 17 heavy (non-hydrogen) atoms. The van der Waals surface area contributed by atoms with Crippen LogP contribution < -0.4 is 0 Å². The van der Waals surface area contributed by atoms with Gasteiger partial charge in [-0.2, -0.15) is 0 Å². The van der Waals surface area contributed by atoms with E-state index < -0.39 is 0 Å². The predicted octanol–water partition coefficient (Wildman–Crippen LogP) is 3.05. The van der Waals surface area contributed by atoms with Crippen LogP contribution in [0.15, 0.2) is 12.4 Å². The molecule has 0 aliphatic carbocycles. The Morgan fingerprint density at radius 3 is 2.47 bits per heavy atom. The summed E-state index contributed by atoms with van der Waals surface area (Å²) in [5.41, 5.74) is 0.389. The minimum Gasteiger partial charge on any atom is -0.337 e. The minimum absolute atomic E-state index is 0.389. The first-order valence-corrected chi connectivity index (χ1v) is 7.39. The van der Waals surface area contributed by atoms with Gasteiger partial charge >= 0.3 is 0 Å². The van der Waals surface area contributed by atoms with E-state index in [0.29, 0.717) is 5.41 Å². The quantitative estimate of drug-likeness (QED) is 0.722. The summed E-state index contributed by atoms with van der Waals surface area (Å²) in [7, 11) is 4.23. The van der Waals surface area contributed by atoms with Crippen molar-refractivity contribution in [1.29, 1.82) is 0 Å². The highest BCUT2D eigenvalue weighted by Gasteiger charge is 2.26. The SMILES string of the molecule is CCC(CC)(CBr)CN(C)Cc1nccn1C. The van der Waals surface area contributed by atoms with E-state index in [9.17, 15) is 0 Å². The summed E-state index contributed by atoms with van der Waals surface area (Å²) in [5.74, 6) is 1.13. The monoisotopic (exact) mass is 301 g/mol. The third kappa shape index (κ3) is 3.81. The standard InChI is InChI=1S/C13H24BrN3/c1-5-13(6-2,10-14)11-16(3)9-12-15-7-8-17(12)4/h7-8H,5-6,9-11H2,1-4H3. The van der Waals surface area contributed by atoms with Crippen molar-refractivity contribution in [2.24, 2.45) is 12.5 Å². The van der Waals surface area contributed by atoms with Crippen molar-refractivity contribution < 1.29 is 0 Å². The maximum absolute atomic E-state index is 4.37. The molecule has 0 saturated carbocycles. The Labute approximate surface area is 113 Å². The summed E-state index contributed by atoms with van der Waals surface area (Å²) in [6.45, 7) is 6.58. The number of halogens is 1. The lowest BCUT2D eigenvalue weighted by Gasteiger charge is -2.34. The molecule has 0 aliphatic heterocycles. The van der Waals surface area contributed by atoms with Crippen LogP contribution in [0, 0.1) is 5.41 Å². The third-order valence-electron chi connectivity index (χ3n) is 3.72. The molecule has 0 saturated heterocycles. The molecule has 0 unspecified atom stereocenters. The van der Waals surface area contributed by atoms with Crippen LogP contribution in [-0.4, -0.2) is 33.4 Å². The van der Waals surface area contributed by atoms with Crippen molar-refractivity contribution in [2.45, 2.75) is 33.2 Å². The van der Waals surface area contributed by atoms with Crippen LogP contribution in [0.3, 0.4) is 0 Å². The summed E-state index contributed by atoms with van der Waals surface area (Å²) in [5, 5.41) is 1.07. The van der Waals surface area contributed by atoms with Crippen LogP contribution in [0.5, 0.6) is 0 Å². The molecular weight excluding hydrogens is 278 g/mol. The van der Waals surface area contributed by atoms with Crippen LogP contribution >= 0.6 is 15.9 Å². The van der Waals surface area contributed by atoms with Gasteiger partial charge in [0.15, 0.2) is 0 Å². The summed E-state index contributed by atoms with van der Waals surface area (Å²) in [6.07, 6.45) is 6.28. The lowest BCUT2D eigenvalue weighted by molar-refractivity contribution is 0.176. The van der Waals surface area contributed by atoms with Gasteiger partial charge in [-0.1, -0.05) is 29.8 Å². The highest BCUT2D eigenvalue weighted by molar-refractivity contribution is 9.09. The first-order valence-electron chi connectivity index (χ1n) is 6.27. The van der Waals surface area contributed by atoms with E-state index in [1.807, 2.05) is 19.4 Å². The highest BCUT2D eigenvalue weighted by Crippen LogP contribution is 2.29. The number of hydrogen-bond donors (Lipinski definition) is 0. The average molecular weight is 302 g/mol. The zero-order valence-electron chi connectivity index (χ0n) is 11.4. The molecule has 0 aromatic carbocycles. The molecule has 4 heteroatoms. The largest absolute Gasteiger partial charge is 0.337 e. The molecule has 0 radical (unpaired) electrons. The molecule has 1 rings (SSSR count). The Bertz CT molecular complexity index is 323. The molecule has 0 bridgehead atoms. The van der Waals surface area contributed by atoms with Crippen molar-refractivity contribution in [1.82, 2.24) is 14.5 Å². The Morgan fingerprint density at radius 1 is 1.41 bits per heavy atom. The Morgan fingerprint density at radius 2 is 2.06 bits per heavy atom. The third-order valence-corrected chi connectivity index (χ3v) is 4.91. The summed E-state index contributed by atoms with van der Waals surface area (Å²) < 4.78 is 2.09. The molecule has 1 aromatic heterocycles. The van der Waals surface area contributed by atoms with Crippen molar-refractivity contribution in [3.8, 4) is 0 Å². The van der Waals surface area contributed by atoms with Crippen molar-refractivity contribution in [3.05, 3.63) is 18.2 Å². The summed E-state index contributed by atoms with van der Waals surface area (Å²) >= 11 is 3.67. The topological polar surface area (TPSA) is 21.1 Å². The molecule has 0 aliphatic rings. The fourth-order valence-corrected chi connectivity index (χ4v) is 3.09. The van der Waals surface area contributed by atoms with E-state index in [1.54, 1.807) is 0 Å². The summed E-state index contributed by atoms with van der Waals surface area (Å²) in [4.78, 5) is 6.74. The molecule has 0 atom stereocenters. The van der Waals surface area contributed by atoms with Crippen LogP contribution in [0.1, 0.15) is 32.5 Å². The number of alkyl halides is 1. The lowest BCUT2D eigenvalue weighted by Crippen LogP contribution is -2.36. The van der Waals surface area contributed by atoms with Crippen LogP contribution in [0.25, 0.3) is 0 Å². The van der Waals surface area contributed by atoms with Crippen LogP contribution in [-0.2, 0) is 13.6 Å². The number of imidazole rings is 1. The number of rotatable bonds is 7. The van der Waals surface area contributed by atoms with E-state index in [0.717, 1.165) is 24.2 Å². The van der Waals surface area contributed by atoms with Gasteiger partial charge in [0.25, 0.3) is 0 Å². The number of nitrogens with zero attached hydrogens (tertiary/aromatic N) is 3. The molecule has 98 valence electrons. The Hall–Kier alpha value is -0.350. The molecule has 0 spiro atoms. The minimum atomic E-state index is 0.389. The second-order valence-corrected chi connectivity index (χ2v) is 5.53. The van der Waals surface area contributed by atoms with Gasteiger partial charge in [-0.15, -0.1) is 0 Å². The molecular formula is C13H24BrN3. The average Bonchev–Trinajstić information content (AvgIpc) is 2.72. The number of hydrogen-bond acceptors (Lipinski definition) is 2. The Kier molecular flexibility index (Phi) is 5.67. The van der Waals surface area contributed by atoms with Gasteiger partial charge in [0.2, 0.25) is 0 Å². The molecule has 1 heterocycles. The number of aromatic nitrogens is 2.